The maximum atomic E-state index is 12.3. The molecule has 0 aromatic heterocycles. The van der Waals surface area contributed by atoms with Gasteiger partial charge >= 0.3 is 0 Å². The SMILES string of the molecule is CC(C)Oc1ccc(C2(C)NCCN(C)C2=O)cc1. The zero-order valence-corrected chi connectivity index (χ0v) is 12.1. The summed E-state index contributed by atoms with van der Waals surface area (Å²) in [7, 11) is 1.84. The molecular weight excluding hydrogens is 240 g/mol. The molecule has 1 aromatic rings. The number of rotatable bonds is 3. The summed E-state index contributed by atoms with van der Waals surface area (Å²) in [5.74, 6) is 0.940. The van der Waals surface area contributed by atoms with Crippen molar-refractivity contribution in [2.75, 3.05) is 20.1 Å². The molecule has 0 spiro atoms. The van der Waals surface area contributed by atoms with Crippen molar-refractivity contribution >= 4 is 5.91 Å². The molecule has 1 unspecified atom stereocenters. The van der Waals surface area contributed by atoms with E-state index in [0.29, 0.717) is 0 Å². The minimum atomic E-state index is -0.636. The molecule has 1 heterocycles. The van der Waals surface area contributed by atoms with Crippen molar-refractivity contribution < 1.29 is 9.53 Å². The van der Waals surface area contributed by atoms with Gasteiger partial charge in [0.25, 0.3) is 0 Å². The minimum absolute atomic E-state index is 0.108. The minimum Gasteiger partial charge on any atom is -0.491 e. The summed E-state index contributed by atoms with van der Waals surface area (Å²) >= 11 is 0. The van der Waals surface area contributed by atoms with E-state index in [1.807, 2.05) is 52.1 Å². The molecule has 1 aromatic carbocycles. The monoisotopic (exact) mass is 262 g/mol. The Morgan fingerprint density at radius 2 is 1.95 bits per heavy atom. The van der Waals surface area contributed by atoms with Crippen LogP contribution in [0.25, 0.3) is 0 Å². The molecule has 19 heavy (non-hydrogen) atoms. The van der Waals surface area contributed by atoms with E-state index in [0.717, 1.165) is 24.4 Å². The molecule has 1 atom stereocenters. The first-order valence-corrected chi connectivity index (χ1v) is 6.71. The molecule has 1 saturated heterocycles. The van der Waals surface area contributed by atoms with Gasteiger partial charge in [-0.3, -0.25) is 10.1 Å². The summed E-state index contributed by atoms with van der Waals surface area (Å²) < 4.78 is 5.62. The van der Waals surface area contributed by atoms with E-state index < -0.39 is 5.54 Å². The summed E-state index contributed by atoms with van der Waals surface area (Å²) in [6.45, 7) is 7.49. The zero-order valence-electron chi connectivity index (χ0n) is 12.1. The van der Waals surface area contributed by atoms with Crippen molar-refractivity contribution in [3.8, 4) is 5.75 Å². The summed E-state index contributed by atoms with van der Waals surface area (Å²) in [6, 6.07) is 7.76. The van der Waals surface area contributed by atoms with Crippen LogP contribution in [0.2, 0.25) is 0 Å². The lowest BCUT2D eigenvalue weighted by atomic mass is 9.89. The fraction of sp³-hybridized carbons (Fsp3) is 0.533. The molecule has 104 valence electrons. The number of amides is 1. The third-order valence-electron chi connectivity index (χ3n) is 3.50. The summed E-state index contributed by atoms with van der Waals surface area (Å²) in [4.78, 5) is 14.1. The number of carbonyl (C=O) groups is 1. The molecule has 0 saturated carbocycles. The molecule has 4 nitrogen and oxygen atoms in total. The van der Waals surface area contributed by atoms with Crippen LogP contribution in [0.5, 0.6) is 5.75 Å². The molecule has 1 aliphatic heterocycles. The fourth-order valence-electron chi connectivity index (χ4n) is 2.40. The van der Waals surface area contributed by atoms with Crippen LogP contribution in [-0.4, -0.2) is 37.0 Å². The number of hydrogen-bond acceptors (Lipinski definition) is 3. The number of nitrogens with one attached hydrogen (secondary N) is 1. The first-order chi connectivity index (χ1) is 8.93. The van der Waals surface area contributed by atoms with E-state index >= 15 is 0 Å². The Morgan fingerprint density at radius 1 is 1.32 bits per heavy atom. The van der Waals surface area contributed by atoms with E-state index in [9.17, 15) is 4.79 Å². The largest absolute Gasteiger partial charge is 0.491 e. The third kappa shape index (κ3) is 2.73. The van der Waals surface area contributed by atoms with Crippen molar-refractivity contribution in [2.45, 2.75) is 32.4 Å². The van der Waals surface area contributed by atoms with E-state index in [2.05, 4.69) is 5.32 Å². The standard InChI is InChI=1S/C15H22N2O2/c1-11(2)19-13-7-5-12(6-8-13)15(3)14(18)17(4)10-9-16-15/h5-8,11,16H,9-10H2,1-4H3. The van der Waals surface area contributed by atoms with E-state index in [-0.39, 0.29) is 12.0 Å². The molecular formula is C15H22N2O2. The highest BCUT2D eigenvalue weighted by Gasteiger charge is 2.39. The van der Waals surface area contributed by atoms with Crippen molar-refractivity contribution in [3.05, 3.63) is 29.8 Å². The van der Waals surface area contributed by atoms with E-state index in [4.69, 9.17) is 4.74 Å². The normalized spacial score (nSPS) is 23.8. The Bertz CT molecular complexity index is 456. The highest BCUT2D eigenvalue weighted by molar-refractivity contribution is 5.87. The van der Waals surface area contributed by atoms with Gasteiger partial charge in [0.1, 0.15) is 11.3 Å². The van der Waals surface area contributed by atoms with Gasteiger partial charge in [-0.05, 0) is 38.5 Å². The molecule has 2 rings (SSSR count). The third-order valence-corrected chi connectivity index (χ3v) is 3.50. The Morgan fingerprint density at radius 3 is 2.53 bits per heavy atom. The predicted octanol–water partition coefficient (Wildman–Crippen LogP) is 1.75. The highest BCUT2D eigenvalue weighted by Crippen LogP contribution is 2.27. The number of ether oxygens (including phenoxy) is 1. The molecule has 4 heteroatoms. The molecule has 0 bridgehead atoms. The van der Waals surface area contributed by atoms with Gasteiger partial charge in [-0.2, -0.15) is 0 Å². The number of piperazine rings is 1. The topological polar surface area (TPSA) is 41.6 Å². The van der Waals surface area contributed by atoms with Crippen LogP contribution >= 0.6 is 0 Å². The van der Waals surface area contributed by atoms with Gasteiger partial charge in [0.05, 0.1) is 6.10 Å². The lowest BCUT2D eigenvalue weighted by Gasteiger charge is -2.39. The quantitative estimate of drug-likeness (QED) is 0.902. The second-order valence-corrected chi connectivity index (χ2v) is 5.47. The highest BCUT2D eigenvalue weighted by atomic mass is 16.5. The van der Waals surface area contributed by atoms with Gasteiger partial charge in [0, 0.05) is 20.1 Å². The van der Waals surface area contributed by atoms with Crippen LogP contribution in [0.1, 0.15) is 26.3 Å². The van der Waals surface area contributed by atoms with Crippen LogP contribution in [0.4, 0.5) is 0 Å². The fourth-order valence-corrected chi connectivity index (χ4v) is 2.40. The lowest BCUT2D eigenvalue weighted by molar-refractivity contribution is -0.139. The Balaban J connectivity index is 2.23. The van der Waals surface area contributed by atoms with Crippen LogP contribution in [0, 0.1) is 0 Å². The molecule has 1 aliphatic rings. The summed E-state index contributed by atoms with van der Waals surface area (Å²) in [5.41, 5.74) is 0.337. The number of benzene rings is 1. The molecule has 0 radical (unpaired) electrons. The molecule has 1 fully saturated rings. The maximum absolute atomic E-state index is 12.3. The number of hydrogen-bond donors (Lipinski definition) is 1. The Labute approximate surface area is 114 Å². The molecule has 1 amide bonds. The van der Waals surface area contributed by atoms with E-state index in [1.165, 1.54) is 0 Å². The zero-order chi connectivity index (χ0) is 14.0. The number of carbonyl (C=O) groups excluding carboxylic acids is 1. The second kappa shape index (κ2) is 5.21. The smallest absolute Gasteiger partial charge is 0.246 e. The van der Waals surface area contributed by atoms with Crippen molar-refractivity contribution in [1.29, 1.82) is 0 Å². The first-order valence-electron chi connectivity index (χ1n) is 6.71. The first kappa shape index (κ1) is 13.9. The van der Waals surface area contributed by atoms with Gasteiger partial charge in [-0.15, -0.1) is 0 Å². The molecule has 0 aliphatic carbocycles. The Kier molecular flexibility index (Phi) is 3.80. The number of likely N-dealkylation sites (N-methyl/N-ethyl adjacent to an activating group) is 1. The van der Waals surface area contributed by atoms with Gasteiger partial charge < -0.3 is 9.64 Å². The van der Waals surface area contributed by atoms with Crippen LogP contribution in [0.3, 0.4) is 0 Å². The van der Waals surface area contributed by atoms with Crippen LogP contribution in [0.15, 0.2) is 24.3 Å². The predicted molar refractivity (Wildman–Crippen MR) is 75.2 cm³/mol. The average Bonchev–Trinajstić information content (AvgIpc) is 2.36. The number of nitrogens with zero attached hydrogens (tertiary/aromatic N) is 1. The van der Waals surface area contributed by atoms with Gasteiger partial charge in [-0.25, -0.2) is 0 Å². The summed E-state index contributed by atoms with van der Waals surface area (Å²) in [5, 5.41) is 3.32. The van der Waals surface area contributed by atoms with Crippen LogP contribution < -0.4 is 10.1 Å². The van der Waals surface area contributed by atoms with Crippen molar-refractivity contribution in [1.82, 2.24) is 10.2 Å². The van der Waals surface area contributed by atoms with Crippen molar-refractivity contribution in [2.24, 2.45) is 0 Å². The average molecular weight is 262 g/mol. The summed E-state index contributed by atoms with van der Waals surface area (Å²) in [6.07, 6.45) is 0.155. The van der Waals surface area contributed by atoms with Gasteiger partial charge in [0.2, 0.25) is 5.91 Å². The lowest BCUT2D eigenvalue weighted by Crippen LogP contribution is -2.59. The van der Waals surface area contributed by atoms with Crippen LogP contribution in [-0.2, 0) is 10.3 Å². The van der Waals surface area contributed by atoms with Gasteiger partial charge in [0.15, 0.2) is 0 Å². The Hall–Kier alpha value is -1.55. The van der Waals surface area contributed by atoms with Crippen molar-refractivity contribution in [3.63, 3.8) is 0 Å². The maximum Gasteiger partial charge on any atom is 0.246 e. The second-order valence-electron chi connectivity index (χ2n) is 5.47. The van der Waals surface area contributed by atoms with E-state index in [1.54, 1.807) is 4.90 Å². The molecule has 1 N–H and O–H groups in total. The van der Waals surface area contributed by atoms with Gasteiger partial charge in [-0.1, -0.05) is 12.1 Å².